The van der Waals surface area contributed by atoms with Crippen molar-refractivity contribution in [2.24, 2.45) is 0 Å². The van der Waals surface area contributed by atoms with E-state index in [0.717, 1.165) is 16.7 Å². The third-order valence-electron chi connectivity index (χ3n) is 7.68. The first-order valence-electron chi connectivity index (χ1n) is 13.9. The first kappa shape index (κ1) is 29.5. The van der Waals surface area contributed by atoms with Crippen LogP contribution in [0.25, 0.3) is 22.9 Å². The fourth-order valence-electron chi connectivity index (χ4n) is 5.56. The molecule has 5 aromatic rings. The lowest BCUT2D eigenvalue weighted by molar-refractivity contribution is -0.136. The van der Waals surface area contributed by atoms with Gasteiger partial charge in [-0.05, 0) is 87.1 Å². The number of hydrogen-bond acceptors (Lipinski definition) is 7. The smallest absolute Gasteiger partial charge is 0.335 e. The van der Waals surface area contributed by atoms with E-state index in [1.165, 1.54) is 52.3 Å². The average molecular weight is 623 g/mol. The fourth-order valence-corrected chi connectivity index (χ4v) is 5.72. The summed E-state index contributed by atoms with van der Waals surface area (Å²) in [4.78, 5) is 44.8. The van der Waals surface area contributed by atoms with E-state index in [4.69, 9.17) is 11.6 Å². The van der Waals surface area contributed by atoms with Gasteiger partial charge in [-0.1, -0.05) is 41.9 Å². The van der Waals surface area contributed by atoms with E-state index in [-0.39, 0.29) is 40.6 Å². The molecule has 1 amide bonds. The molecule has 6 rings (SSSR count). The predicted molar refractivity (Wildman–Crippen MR) is 163 cm³/mol. The normalized spacial score (nSPS) is 14.4. The van der Waals surface area contributed by atoms with Crippen LogP contribution in [0, 0.1) is 5.82 Å². The predicted octanol–water partition coefficient (Wildman–Crippen LogP) is 5.17. The van der Waals surface area contributed by atoms with Crippen LogP contribution in [-0.4, -0.2) is 59.4 Å². The molecule has 0 saturated carbocycles. The second-order valence-corrected chi connectivity index (χ2v) is 10.7. The summed E-state index contributed by atoms with van der Waals surface area (Å²) in [5, 5.41) is 20.1. The summed E-state index contributed by atoms with van der Waals surface area (Å²) in [7, 11) is 0. The Morgan fingerprint density at radius 2 is 1.80 bits per heavy atom. The number of benzene rings is 3. The summed E-state index contributed by atoms with van der Waals surface area (Å²) < 4.78 is 16.4. The van der Waals surface area contributed by atoms with Gasteiger partial charge in [-0.25, -0.2) is 9.18 Å². The molecule has 0 saturated heterocycles. The van der Waals surface area contributed by atoms with Crippen LogP contribution in [0.4, 0.5) is 4.39 Å². The molecule has 2 aromatic heterocycles. The van der Waals surface area contributed by atoms with Crippen molar-refractivity contribution in [3.8, 4) is 16.8 Å². The summed E-state index contributed by atoms with van der Waals surface area (Å²) in [5.41, 5.74) is 4.49. The first-order valence-corrected chi connectivity index (χ1v) is 14.3. The van der Waals surface area contributed by atoms with Crippen LogP contribution < -0.4 is 0 Å². The van der Waals surface area contributed by atoms with Crippen molar-refractivity contribution >= 4 is 35.3 Å². The SMILES string of the molecule is O=C(O)c1ccc(CC(=O)C2c3cccc(-c4ccncc4)c3CCN2C(=O)/C=C/c2c(-n3cnnn3)ccc(Cl)c2F)cc1. The Hall–Kier alpha value is -5.55. The molecular formula is C33H24ClFN6O4. The zero-order valence-corrected chi connectivity index (χ0v) is 24.3. The van der Waals surface area contributed by atoms with Crippen LogP contribution >= 0.6 is 11.6 Å². The number of carboxylic acid groups (broad SMARTS) is 1. The standard InChI is InChI=1S/C33H24ClFN6O4/c34-27-9-10-28(41-19-37-38-39-41)26(31(27)35)8-11-30(43)40-17-14-24-23(21-12-15-36-16-13-21)2-1-3-25(24)32(40)29(42)18-20-4-6-22(7-5-20)33(44)45/h1-13,15-16,19,32H,14,17-18H2,(H,44,45)/b11-8+. The number of carbonyl (C=O) groups excluding carboxylic acids is 2. The van der Waals surface area contributed by atoms with Gasteiger partial charge < -0.3 is 10.0 Å². The van der Waals surface area contributed by atoms with E-state index < -0.39 is 23.7 Å². The van der Waals surface area contributed by atoms with Gasteiger partial charge in [-0.3, -0.25) is 14.6 Å². The Balaban J connectivity index is 1.38. The molecule has 1 N–H and O–H groups in total. The highest BCUT2D eigenvalue weighted by atomic mass is 35.5. The van der Waals surface area contributed by atoms with Gasteiger partial charge in [0.15, 0.2) is 11.6 Å². The van der Waals surface area contributed by atoms with Gasteiger partial charge in [-0.2, -0.15) is 4.68 Å². The maximum Gasteiger partial charge on any atom is 0.335 e. The van der Waals surface area contributed by atoms with Crippen molar-refractivity contribution in [3.05, 3.63) is 130 Å². The Labute approximate surface area is 261 Å². The average Bonchev–Trinajstić information content (AvgIpc) is 3.60. The molecule has 1 aliphatic heterocycles. The van der Waals surface area contributed by atoms with E-state index >= 15 is 4.39 Å². The van der Waals surface area contributed by atoms with E-state index in [9.17, 15) is 19.5 Å². The van der Waals surface area contributed by atoms with Gasteiger partial charge in [0.05, 0.1) is 16.3 Å². The maximum absolute atomic E-state index is 15.2. The van der Waals surface area contributed by atoms with Crippen molar-refractivity contribution in [1.82, 2.24) is 30.1 Å². The minimum Gasteiger partial charge on any atom is -0.478 e. The summed E-state index contributed by atoms with van der Waals surface area (Å²) in [6.07, 6.45) is 7.63. The topological polar surface area (TPSA) is 131 Å². The third-order valence-corrected chi connectivity index (χ3v) is 7.97. The lowest BCUT2D eigenvalue weighted by Gasteiger charge is -2.37. The second-order valence-electron chi connectivity index (χ2n) is 10.3. The molecule has 1 unspecified atom stereocenters. The number of nitrogens with zero attached hydrogens (tertiary/aromatic N) is 6. The number of carboxylic acids is 1. The molecule has 3 heterocycles. The van der Waals surface area contributed by atoms with Gasteiger partial charge in [-0.15, -0.1) is 5.10 Å². The number of aromatic nitrogens is 5. The van der Waals surface area contributed by atoms with Gasteiger partial charge >= 0.3 is 5.97 Å². The molecule has 0 fully saturated rings. The van der Waals surface area contributed by atoms with Gasteiger partial charge in [0.25, 0.3) is 0 Å². The lowest BCUT2D eigenvalue weighted by Crippen LogP contribution is -2.43. The zero-order valence-electron chi connectivity index (χ0n) is 23.5. The Bertz CT molecular complexity index is 1930. The summed E-state index contributed by atoms with van der Waals surface area (Å²) in [5.74, 6) is -2.58. The van der Waals surface area contributed by atoms with Crippen LogP contribution in [0.2, 0.25) is 5.02 Å². The largest absolute Gasteiger partial charge is 0.478 e. The summed E-state index contributed by atoms with van der Waals surface area (Å²) in [6, 6.07) is 17.4. The number of Topliss-reactive ketones (excluding diaryl/α,β-unsaturated/α-hetero) is 1. The van der Waals surface area contributed by atoms with Gasteiger partial charge in [0.2, 0.25) is 5.91 Å². The molecule has 12 heteroatoms. The minimum atomic E-state index is -1.07. The quantitative estimate of drug-likeness (QED) is 0.235. The summed E-state index contributed by atoms with van der Waals surface area (Å²) in [6.45, 7) is 0.227. The van der Waals surface area contributed by atoms with Crippen LogP contribution in [0.1, 0.15) is 38.7 Å². The van der Waals surface area contributed by atoms with Crippen LogP contribution in [0.15, 0.2) is 91.5 Å². The molecule has 3 aromatic carbocycles. The van der Waals surface area contributed by atoms with Crippen molar-refractivity contribution in [3.63, 3.8) is 0 Å². The Kier molecular flexibility index (Phi) is 8.26. The highest BCUT2D eigenvalue weighted by Crippen LogP contribution is 2.37. The monoisotopic (exact) mass is 622 g/mol. The number of amides is 1. The van der Waals surface area contributed by atoms with Crippen LogP contribution in [-0.2, 0) is 22.4 Å². The number of tetrazole rings is 1. The van der Waals surface area contributed by atoms with E-state index in [0.29, 0.717) is 17.5 Å². The van der Waals surface area contributed by atoms with E-state index in [1.54, 1.807) is 24.5 Å². The molecule has 0 radical (unpaired) electrons. The highest BCUT2D eigenvalue weighted by Gasteiger charge is 2.36. The van der Waals surface area contributed by atoms with Crippen molar-refractivity contribution < 1.29 is 23.9 Å². The molecular weight excluding hydrogens is 599 g/mol. The van der Waals surface area contributed by atoms with Gasteiger partial charge in [0, 0.05) is 37.0 Å². The third kappa shape index (κ3) is 5.98. The zero-order chi connectivity index (χ0) is 31.5. The number of hydrogen-bond donors (Lipinski definition) is 1. The molecule has 0 bridgehead atoms. The first-order chi connectivity index (χ1) is 21.8. The van der Waals surface area contributed by atoms with Crippen LogP contribution in [0.5, 0.6) is 0 Å². The van der Waals surface area contributed by atoms with E-state index in [1.807, 2.05) is 30.3 Å². The van der Waals surface area contributed by atoms with Crippen molar-refractivity contribution in [2.75, 3.05) is 6.54 Å². The second kappa shape index (κ2) is 12.6. The number of fused-ring (bicyclic) bond motifs is 1. The number of carbonyl (C=O) groups is 3. The number of ketones is 1. The highest BCUT2D eigenvalue weighted by molar-refractivity contribution is 6.31. The van der Waals surface area contributed by atoms with E-state index in [2.05, 4.69) is 20.5 Å². The Morgan fingerprint density at radius 3 is 2.51 bits per heavy atom. The molecule has 45 heavy (non-hydrogen) atoms. The molecule has 0 spiro atoms. The maximum atomic E-state index is 15.2. The molecule has 0 aliphatic carbocycles. The number of halogens is 2. The molecule has 10 nitrogen and oxygen atoms in total. The fraction of sp³-hybridized carbons (Fsp3) is 0.121. The Morgan fingerprint density at radius 1 is 1.02 bits per heavy atom. The minimum absolute atomic E-state index is 0.00179. The van der Waals surface area contributed by atoms with Crippen molar-refractivity contribution in [2.45, 2.75) is 18.9 Å². The lowest BCUT2D eigenvalue weighted by atomic mass is 9.84. The van der Waals surface area contributed by atoms with Crippen molar-refractivity contribution in [1.29, 1.82) is 0 Å². The summed E-state index contributed by atoms with van der Waals surface area (Å²) >= 11 is 6.06. The number of aromatic carboxylic acids is 1. The van der Waals surface area contributed by atoms with Crippen LogP contribution in [0.3, 0.4) is 0 Å². The number of rotatable bonds is 8. The molecule has 1 atom stereocenters. The number of pyridine rings is 1. The van der Waals surface area contributed by atoms with Gasteiger partial charge in [0.1, 0.15) is 12.4 Å². The molecule has 1 aliphatic rings. The molecule has 224 valence electrons.